The fraction of sp³-hybridized carbons (Fsp3) is 0.538. The number of hydrogen-bond donors (Lipinski definition) is 1. The molecule has 1 saturated carbocycles. The molecule has 5 heteroatoms. The van der Waals surface area contributed by atoms with Crippen LogP contribution < -0.4 is 5.73 Å². The number of benzene rings is 1. The van der Waals surface area contributed by atoms with Gasteiger partial charge in [0.15, 0.2) is 0 Å². The van der Waals surface area contributed by atoms with Crippen LogP contribution in [0, 0.1) is 17.6 Å². The molecule has 18 heavy (non-hydrogen) atoms. The van der Waals surface area contributed by atoms with Gasteiger partial charge in [-0.05, 0) is 43.7 Å². The lowest BCUT2D eigenvalue weighted by Crippen LogP contribution is -2.23. The fourth-order valence-electron chi connectivity index (χ4n) is 2.38. The minimum Gasteiger partial charge on any atom is -0.399 e. The molecule has 0 heterocycles. The first-order chi connectivity index (χ1) is 8.49. The second-order valence-corrected chi connectivity index (χ2v) is 6.66. The van der Waals surface area contributed by atoms with Crippen LogP contribution in [0.2, 0.25) is 0 Å². The molecule has 100 valence electrons. The van der Waals surface area contributed by atoms with E-state index in [2.05, 4.69) is 6.92 Å². The predicted molar refractivity (Wildman–Crippen MR) is 68.6 cm³/mol. The Bertz CT molecular complexity index is 447. The minimum atomic E-state index is -1.62. The van der Waals surface area contributed by atoms with Crippen LogP contribution in [-0.2, 0) is 10.8 Å². The molecule has 1 aromatic carbocycles. The van der Waals surface area contributed by atoms with Gasteiger partial charge in [-0.15, -0.1) is 0 Å². The van der Waals surface area contributed by atoms with Crippen molar-refractivity contribution >= 4 is 16.5 Å². The fourth-order valence-corrected chi connectivity index (χ4v) is 3.92. The van der Waals surface area contributed by atoms with Gasteiger partial charge >= 0.3 is 0 Å². The summed E-state index contributed by atoms with van der Waals surface area (Å²) in [5.41, 5.74) is 5.36. The van der Waals surface area contributed by atoms with E-state index in [0.29, 0.717) is 5.92 Å². The summed E-state index contributed by atoms with van der Waals surface area (Å²) in [5.74, 6) is -0.992. The van der Waals surface area contributed by atoms with Crippen LogP contribution in [0.15, 0.2) is 17.0 Å². The first-order valence-corrected chi connectivity index (χ1v) is 7.35. The molecule has 1 atom stereocenters. The van der Waals surface area contributed by atoms with Crippen molar-refractivity contribution in [3.63, 3.8) is 0 Å². The molecule has 1 fully saturated rings. The van der Waals surface area contributed by atoms with E-state index < -0.39 is 22.4 Å². The van der Waals surface area contributed by atoms with Gasteiger partial charge in [-0.25, -0.2) is 8.78 Å². The summed E-state index contributed by atoms with van der Waals surface area (Å²) in [7, 11) is -1.62. The lowest BCUT2D eigenvalue weighted by molar-refractivity contribution is 0.388. The highest BCUT2D eigenvalue weighted by Crippen LogP contribution is 2.31. The molecule has 0 saturated heterocycles. The molecule has 0 aromatic heterocycles. The second kappa shape index (κ2) is 5.34. The zero-order chi connectivity index (χ0) is 13.3. The molecular formula is C13H17F2NOS. The average Bonchev–Trinajstić information content (AvgIpc) is 2.28. The zero-order valence-electron chi connectivity index (χ0n) is 10.3. The molecule has 2 rings (SSSR count). The topological polar surface area (TPSA) is 43.1 Å². The highest BCUT2D eigenvalue weighted by molar-refractivity contribution is 7.85. The van der Waals surface area contributed by atoms with Crippen LogP contribution in [0.5, 0.6) is 0 Å². The van der Waals surface area contributed by atoms with E-state index >= 15 is 0 Å². The smallest absolute Gasteiger partial charge is 0.144 e. The zero-order valence-corrected chi connectivity index (χ0v) is 11.1. The Balaban J connectivity index is 2.24. The summed E-state index contributed by atoms with van der Waals surface area (Å²) >= 11 is 0. The van der Waals surface area contributed by atoms with Crippen molar-refractivity contribution in [3.8, 4) is 0 Å². The van der Waals surface area contributed by atoms with E-state index in [-0.39, 0.29) is 15.8 Å². The molecule has 1 aliphatic carbocycles. The highest BCUT2D eigenvalue weighted by Gasteiger charge is 2.28. The van der Waals surface area contributed by atoms with E-state index in [1.165, 1.54) is 0 Å². The van der Waals surface area contributed by atoms with Gasteiger partial charge in [0.25, 0.3) is 0 Å². The monoisotopic (exact) mass is 273 g/mol. The molecule has 1 unspecified atom stereocenters. The maximum absolute atomic E-state index is 13.7. The lowest BCUT2D eigenvalue weighted by atomic mass is 9.91. The Kier molecular flexibility index (Phi) is 4.00. The molecule has 1 aliphatic rings. The van der Waals surface area contributed by atoms with Gasteiger partial charge in [0.2, 0.25) is 0 Å². The van der Waals surface area contributed by atoms with Crippen LogP contribution in [0.25, 0.3) is 0 Å². The summed E-state index contributed by atoms with van der Waals surface area (Å²) in [6, 6.07) is 2.06. The summed E-state index contributed by atoms with van der Waals surface area (Å²) in [5, 5.41) is -0.145. The van der Waals surface area contributed by atoms with Crippen molar-refractivity contribution in [2.45, 2.75) is 42.8 Å². The van der Waals surface area contributed by atoms with Gasteiger partial charge in [0.05, 0.1) is 10.8 Å². The van der Waals surface area contributed by atoms with Crippen molar-refractivity contribution in [1.82, 2.24) is 0 Å². The van der Waals surface area contributed by atoms with Crippen molar-refractivity contribution in [3.05, 3.63) is 23.8 Å². The van der Waals surface area contributed by atoms with Crippen LogP contribution in [0.1, 0.15) is 32.6 Å². The van der Waals surface area contributed by atoms with Crippen LogP contribution in [0.3, 0.4) is 0 Å². The minimum absolute atomic E-state index is 0.0167. The summed E-state index contributed by atoms with van der Waals surface area (Å²) < 4.78 is 39.6. The molecular weight excluding hydrogens is 256 g/mol. The Morgan fingerprint density at radius 3 is 2.17 bits per heavy atom. The van der Waals surface area contributed by atoms with Gasteiger partial charge in [-0.2, -0.15) is 0 Å². The van der Waals surface area contributed by atoms with Crippen molar-refractivity contribution < 1.29 is 13.0 Å². The SMILES string of the molecule is CC1CCC(S(=O)c2c(F)cc(N)cc2F)CC1. The van der Waals surface area contributed by atoms with Crippen molar-refractivity contribution in [1.29, 1.82) is 0 Å². The molecule has 2 N–H and O–H groups in total. The van der Waals surface area contributed by atoms with E-state index in [1.54, 1.807) is 0 Å². The predicted octanol–water partition coefficient (Wildman–Crippen LogP) is 3.23. The van der Waals surface area contributed by atoms with Crippen LogP contribution >= 0.6 is 0 Å². The van der Waals surface area contributed by atoms with Gasteiger partial charge in [-0.1, -0.05) is 6.92 Å². The number of halogens is 2. The largest absolute Gasteiger partial charge is 0.399 e. The first-order valence-electron chi connectivity index (χ1n) is 6.14. The molecule has 1 aromatic rings. The van der Waals surface area contributed by atoms with E-state index in [4.69, 9.17) is 5.73 Å². The number of nitrogens with two attached hydrogens (primary N) is 1. The summed E-state index contributed by atoms with van der Waals surface area (Å²) in [6.07, 6.45) is 3.46. The lowest BCUT2D eigenvalue weighted by Gasteiger charge is -2.25. The van der Waals surface area contributed by atoms with Gasteiger partial charge in [-0.3, -0.25) is 4.21 Å². The van der Waals surface area contributed by atoms with Crippen LogP contribution in [-0.4, -0.2) is 9.46 Å². The number of rotatable bonds is 2. The Morgan fingerprint density at radius 1 is 1.17 bits per heavy atom. The van der Waals surface area contributed by atoms with E-state index in [9.17, 15) is 13.0 Å². The third-order valence-electron chi connectivity index (χ3n) is 3.49. The van der Waals surface area contributed by atoms with E-state index in [0.717, 1.165) is 37.8 Å². The normalized spacial score (nSPS) is 25.9. The molecule has 2 nitrogen and oxygen atoms in total. The quantitative estimate of drug-likeness (QED) is 0.841. The third-order valence-corrected chi connectivity index (χ3v) is 5.36. The Morgan fingerprint density at radius 2 is 1.67 bits per heavy atom. The summed E-state index contributed by atoms with van der Waals surface area (Å²) in [6.45, 7) is 2.14. The van der Waals surface area contributed by atoms with Crippen LogP contribution in [0.4, 0.5) is 14.5 Å². The third kappa shape index (κ3) is 2.71. The van der Waals surface area contributed by atoms with Gasteiger partial charge in [0.1, 0.15) is 16.5 Å². The molecule has 0 bridgehead atoms. The maximum Gasteiger partial charge on any atom is 0.144 e. The highest BCUT2D eigenvalue weighted by atomic mass is 32.2. The Labute approximate surface area is 108 Å². The maximum atomic E-state index is 13.7. The van der Waals surface area contributed by atoms with Crippen molar-refractivity contribution in [2.24, 2.45) is 5.92 Å². The standard InChI is InChI=1S/C13H17F2NOS/c1-8-2-4-10(5-3-8)18(17)13-11(14)6-9(16)7-12(13)15/h6-8,10H,2-5,16H2,1H3. The van der Waals surface area contributed by atoms with E-state index in [1.807, 2.05) is 0 Å². The number of nitrogen functional groups attached to an aromatic ring is 1. The second-order valence-electron chi connectivity index (χ2n) is 4.99. The molecule has 0 radical (unpaired) electrons. The number of anilines is 1. The summed E-state index contributed by atoms with van der Waals surface area (Å²) in [4.78, 5) is -0.316. The Hall–Kier alpha value is -0.970. The number of hydrogen-bond acceptors (Lipinski definition) is 2. The molecule has 0 aliphatic heterocycles. The molecule has 0 amide bonds. The first kappa shape index (κ1) is 13.5. The molecule has 0 spiro atoms. The average molecular weight is 273 g/mol. The van der Waals surface area contributed by atoms with Gasteiger partial charge in [0, 0.05) is 10.9 Å². The van der Waals surface area contributed by atoms with Crippen molar-refractivity contribution in [2.75, 3.05) is 5.73 Å². The van der Waals surface area contributed by atoms with Gasteiger partial charge < -0.3 is 5.73 Å².